The Bertz CT molecular complexity index is 1370. The molecule has 214 valence electrons. The summed E-state index contributed by atoms with van der Waals surface area (Å²) in [6, 6.07) is 6.02. The predicted molar refractivity (Wildman–Crippen MR) is 159 cm³/mol. The van der Waals surface area contributed by atoms with Crippen molar-refractivity contribution in [2.75, 3.05) is 27.2 Å². The summed E-state index contributed by atoms with van der Waals surface area (Å²) in [6.07, 6.45) is 6.16. The van der Waals surface area contributed by atoms with Crippen molar-refractivity contribution in [1.29, 1.82) is 0 Å². The molecule has 40 heavy (non-hydrogen) atoms. The van der Waals surface area contributed by atoms with Gasteiger partial charge in [-0.1, -0.05) is 19.9 Å². The van der Waals surface area contributed by atoms with E-state index >= 15 is 0 Å². The zero-order chi connectivity index (χ0) is 28.4. The standard InChI is InChI=1S/C31H37BrN2O5S/c1-18(2)16-34(26(36)9-7-22-15-21(32)17-40-22)23-10-11-31(39-19(3)35)25-14-20-6-8-24(37-5)28-27(20)30(31,29(23)38-28)12-13-33(25)4/h6-9,15,17-18,23,25,29H,10-14,16H2,1-5H3/b9-7+/t23-,25+,29-,30-,31+/m0/s1. The van der Waals surface area contributed by atoms with Crippen LogP contribution in [-0.4, -0.2) is 72.7 Å². The van der Waals surface area contributed by atoms with Gasteiger partial charge in [0.25, 0.3) is 0 Å². The molecule has 3 heterocycles. The average molecular weight is 630 g/mol. The number of amides is 1. The number of thiophene rings is 1. The van der Waals surface area contributed by atoms with Crippen molar-refractivity contribution in [2.24, 2.45) is 5.92 Å². The first kappa shape index (κ1) is 27.8. The first-order chi connectivity index (χ1) is 19.1. The number of carbonyl (C=O) groups excluding carboxylic acids is 2. The van der Waals surface area contributed by atoms with E-state index in [2.05, 4.69) is 47.8 Å². The number of hydrogen-bond donors (Lipinski definition) is 0. The third-order valence-corrected chi connectivity index (χ3v) is 11.1. The third-order valence-electron chi connectivity index (χ3n) is 9.41. The molecule has 1 spiro atoms. The summed E-state index contributed by atoms with van der Waals surface area (Å²) >= 11 is 5.10. The average Bonchev–Trinajstić information content (AvgIpc) is 3.48. The number of ether oxygens (including phenoxy) is 3. The fourth-order valence-electron chi connectivity index (χ4n) is 8.08. The summed E-state index contributed by atoms with van der Waals surface area (Å²) < 4.78 is 20.3. The molecular formula is C31H37BrN2O5S. The van der Waals surface area contributed by atoms with E-state index in [1.807, 2.05) is 28.5 Å². The van der Waals surface area contributed by atoms with E-state index in [0.29, 0.717) is 25.1 Å². The van der Waals surface area contributed by atoms with E-state index in [1.165, 1.54) is 12.5 Å². The molecule has 9 heteroatoms. The molecule has 1 saturated carbocycles. The number of methoxy groups -OCH3 is 1. The molecule has 2 aliphatic heterocycles. The van der Waals surface area contributed by atoms with Crippen molar-refractivity contribution in [1.82, 2.24) is 9.80 Å². The molecule has 5 atom stereocenters. The topological polar surface area (TPSA) is 68.3 Å². The maximum Gasteiger partial charge on any atom is 0.303 e. The molecule has 7 nitrogen and oxygen atoms in total. The predicted octanol–water partition coefficient (Wildman–Crippen LogP) is 5.44. The van der Waals surface area contributed by atoms with Gasteiger partial charge in [0.05, 0.1) is 24.6 Å². The minimum Gasteiger partial charge on any atom is -0.493 e. The zero-order valence-electron chi connectivity index (χ0n) is 23.7. The molecule has 0 unspecified atom stereocenters. The molecule has 0 N–H and O–H groups in total. The van der Waals surface area contributed by atoms with Gasteiger partial charge in [-0.2, -0.15) is 0 Å². The number of carbonyl (C=O) groups is 2. The summed E-state index contributed by atoms with van der Waals surface area (Å²) in [5, 5.41) is 2.01. The maximum absolute atomic E-state index is 13.9. The van der Waals surface area contributed by atoms with Crippen LogP contribution in [0.1, 0.15) is 56.0 Å². The lowest BCUT2D eigenvalue weighted by molar-refractivity contribution is -0.221. The van der Waals surface area contributed by atoms with E-state index < -0.39 is 11.0 Å². The van der Waals surface area contributed by atoms with Gasteiger partial charge < -0.3 is 19.1 Å². The van der Waals surface area contributed by atoms with Crippen LogP contribution >= 0.6 is 27.3 Å². The molecule has 4 aliphatic rings. The van der Waals surface area contributed by atoms with Gasteiger partial charge in [0.15, 0.2) is 11.5 Å². The van der Waals surface area contributed by atoms with Gasteiger partial charge >= 0.3 is 5.97 Å². The van der Waals surface area contributed by atoms with Crippen LogP contribution in [-0.2, 0) is 26.2 Å². The van der Waals surface area contributed by atoms with Crippen molar-refractivity contribution >= 4 is 45.2 Å². The van der Waals surface area contributed by atoms with E-state index in [9.17, 15) is 9.59 Å². The Hall–Kier alpha value is -2.36. The number of likely N-dealkylation sites (N-methyl/N-ethyl adjacent to an activating group) is 1. The Balaban J connectivity index is 1.48. The van der Waals surface area contributed by atoms with Crippen molar-refractivity contribution in [2.45, 2.75) is 75.7 Å². The maximum atomic E-state index is 13.9. The summed E-state index contributed by atoms with van der Waals surface area (Å²) in [7, 11) is 3.80. The van der Waals surface area contributed by atoms with Gasteiger partial charge in [-0.25, -0.2) is 0 Å². The first-order valence-electron chi connectivity index (χ1n) is 14.1. The van der Waals surface area contributed by atoms with E-state index in [4.69, 9.17) is 14.2 Å². The Labute approximate surface area is 248 Å². The van der Waals surface area contributed by atoms with Crippen LogP contribution in [0.5, 0.6) is 11.5 Å². The number of likely N-dealkylation sites (tertiary alicyclic amines) is 1. The molecule has 2 fully saturated rings. The smallest absolute Gasteiger partial charge is 0.303 e. The number of hydrogen-bond acceptors (Lipinski definition) is 7. The lowest BCUT2D eigenvalue weighted by Crippen LogP contribution is -2.79. The van der Waals surface area contributed by atoms with Gasteiger partial charge in [-0.05, 0) is 84.9 Å². The van der Waals surface area contributed by atoms with Crippen LogP contribution in [0, 0.1) is 5.92 Å². The van der Waals surface area contributed by atoms with Crippen molar-refractivity contribution in [3.63, 3.8) is 0 Å². The summed E-state index contributed by atoms with van der Waals surface area (Å²) in [4.78, 5) is 32.1. The van der Waals surface area contributed by atoms with Crippen LogP contribution in [0.2, 0.25) is 0 Å². The minimum atomic E-state index is -0.733. The highest BCUT2D eigenvalue weighted by Gasteiger charge is 2.75. The molecule has 1 saturated heterocycles. The minimum absolute atomic E-state index is 0.0216. The molecule has 2 aliphatic carbocycles. The Morgan fingerprint density at radius 3 is 2.80 bits per heavy atom. The Kier molecular flexibility index (Phi) is 7.07. The number of nitrogens with zero attached hydrogens (tertiary/aromatic N) is 2. The Morgan fingerprint density at radius 1 is 1.32 bits per heavy atom. The lowest BCUT2D eigenvalue weighted by atomic mass is 9.48. The molecule has 2 aromatic rings. The number of benzene rings is 1. The highest BCUT2D eigenvalue weighted by Crippen LogP contribution is 2.67. The van der Waals surface area contributed by atoms with Crippen molar-refractivity contribution < 1.29 is 23.8 Å². The summed E-state index contributed by atoms with van der Waals surface area (Å²) in [5.41, 5.74) is 1.06. The van der Waals surface area contributed by atoms with Gasteiger partial charge in [0.2, 0.25) is 5.91 Å². The molecular weight excluding hydrogens is 592 g/mol. The second kappa shape index (κ2) is 10.2. The summed E-state index contributed by atoms with van der Waals surface area (Å²) in [5.74, 6) is 1.44. The largest absolute Gasteiger partial charge is 0.493 e. The lowest BCUT2D eigenvalue weighted by Gasteiger charge is -2.65. The highest BCUT2D eigenvalue weighted by atomic mass is 79.9. The summed E-state index contributed by atoms with van der Waals surface area (Å²) in [6.45, 7) is 7.27. The van der Waals surface area contributed by atoms with Gasteiger partial charge in [-0.3, -0.25) is 14.5 Å². The molecule has 6 rings (SSSR count). The second-order valence-corrected chi connectivity index (χ2v) is 13.9. The van der Waals surface area contributed by atoms with Crippen LogP contribution in [0.25, 0.3) is 6.08 Å². The molecule has 1 amide bonds. The van der Waals surface area contributed by atoms with Crippen molar-refractivity contribution in [3.8, 4) is 11.5 Å². The normalized spacial score (nSPS) is 30.2. The van der Waals surface area contributed by atoms with E-state index in [0.717, 1.165) is 40.0 Å². The Morgan fingerprint density at radius 2 is 2.12 bits per heavy atom. The number of halogens is 1. The SMILES string of the molecule is COc1ccc2c3c1O[C@H]1[C@@H](N(CC(C)C)C(=O)/C=C/c4cc(Br)cs4)CC[C@@]4(OC(C)=O)[C@@H](C2)N(C)CC[C@]314. The van der Waals surface area contributed by atoms with Gasteiger partial charge in [-0.15, -0.1) is 11.3 Å². The quantitative estimate of drug-likeness (QED) is 0.300. The fourth-order valence-corrected chi connectivity index (χ4v) is 9.41. The number of rotatable bonds is 7. The molecule has 0 radical (unpaired) electrons. The first-order valence-corrected chi connectivity index (χ1v) is 15.8. The van der Waals surface area contributed by atoms with Gasteiger partial charge in [0.1, 0.15) is 11.7 Å². The number of esters is 1. The van der Waals surface area contributed by atoms with E-state index in [1.54, 1.807) is 24.5 Å². The van der Waals surface area contributed by atoms with Crippen molar-refractivity contribution in [3.05, 3.63) is 50.1 Å². The molecule has 1 aromatic heterocycles. The van der Waals surface area contributed by atoms with Gasteiger partial charge in [0, 0.05) is 39.8 Å². The van der Waals surface area contributed by atoms with E-state index in [-0.39, 0.29) is 36.0 Å². The number of piperidine rings is 1. The highest BCUT2D eigenvalue weighted by molar-refractivity contribution is 9.10. The van der Waals surface area contributed by atoms with Crippen LogP contribution < -0.4 is 9.47 Å². The fraction of sp³-hybridized carbons (Fsp3) is 0.548. The zero-order valence-corrected chi connectivity index (χ0v) is 26.1. The monoisotopic (exact) mass is 628 g/mol. The second-order valence-electron chi connectivity index (χ2n) is 12.1. The van der Waals surface area contributed by atoms with Crippen LogP contribution in [0.3, 0.4) is 0 Å². The third kappa shape index (κ3) is 4.06. The molecule has 2 bridgehead atoms. The van der Waals surface area contributed by atoms with Crippen LogP contribution in [0.15, 0.2) is 34.1 Å². The van der Waals surface area contributed by atoms with Crippen LogP contribution in [0.4, 0.5) is 0 Å². The molecule has 1 aromatic carbocycles.